The third-order valence-electron chi connectivity index (χ3n) is 4.05. The minimum atomic E-state index is -0.113. The number of H-pyrrole nitrogens is 1. The van der Waals surface area contributed by atoms with Gasteiger partial charge in [-0.25, -0.2) is 0 Å². The number of aromatic amines is 1. The maximum Gasteiger partial charge on any atom is 0.267 e. The zero-order valence-corrected chi connectivity index (χ0v) is 13.5. The Kier molecular flexibility index (Phi) is 4.00. The molecule has 0 bridgehead atoms. The number of pyridine rings is 1. The van der Waals surface area contributed by atoms with Gasteiger partial charge in [0.25, 0.3) is 5.91 Å². The lowest BCUT2D eigenvalue weighted by Gasteiger charge is -2.04. The summed E-state index contributed by atoms with van der Waals surface area (Å²) >= 11 is 0. The number of fused-ring (bicyclic) bond motifs is 1. The highest BCUT2D eigenvalue weighted by Gasteiger charge is 2.09. The Balaban J connectivity index is 1.36. The fourth-order valence-electron chi connectivity index (χ4n) is 2.75. The van der Waals surface area contributed by atoms with E-state index in [1.54, 1.807) is 12.4 Å². The molecule has 0 fully saturated rings. The van der Waals surface area contributed by atoms with Crippen LogP contribution in [0, 0.1) is 0 Å². The quantitative estimate of drug-likeness (QED) is 0.590. The summed E-state index contributed by atoms with van der Waals surface area (Å²) < 4.78 is 1.82. The number of carbonyl (C=O) groups is 1. The van der Waals surface area contributed by atoms with Gasteiger partial charge in [-0.05, 0) is 29.8 Å². The molecule has 25 heavy (non-hydrogen) atoms. The van der Waals surface area contributed by atoms with E-state index in [0.717, 1.165) is 22.0 Å². The molecule has 6 nitrogen and oxygen atoms in total. The molecule has 0 saturated heterocycles. The average molecular weight is 331 g/mol. The summed E-state index contributed by atoms with van der Waals surface area (Å²) in [5.74, 6) is -0.113. The van der Waals surface area contributed by atoms with Gasteiger partial charge in [-0.2, -0.15) is 5.10 Å². The predicted octanol–water partition coefficient (Wildman–Crippen LogP) is 2.86. The van der Waals surface area contributed by atoms with Gasteiger partial charge < -0.3 is 10.3 Å². The molecule has 0 aliphatic heterocycles. The van der Waals surface area contributed by atoms with Crippen molar-refractivity contribution in [3.63, 3.8) is 0 Å². The minimum Gasteiger partial charge on any atom is -0.351 e. The molecule has 0 saturated carbocycles. The van der Waals surface area contributed by atoms with E-state index < -0.39 is 0 Å². The van der Waals surface area contributed by atoms with Crippen LogP contribution in [0.4, 0.5) is 0 Å². The van der Waals surface area contributed by atoms with E-state index in [1.165, 1.54) is 0 Å². The van der Waals surface area contributed by atoms with Gasteiger partial charge in [0.2, 0.25) is 0 Å². The molecular formula is C19H17N5O. The largest absolute Gasteiger partial charge is 0.351 e. The van der Waals surface area contributed by atoms with Crippen LogP contribution in [0.3, 0.4) is 0 Å². The van der Waals surface area contributed by atoms with Crippen LogP contribution >= 0.6 is 0 Å². The molecule has 3 heterocycles. The lowest BCUT2D eigenvalue weighted by atomic mass is 10.1. The molecule has 0 aliphatic rings. The van der Waals surface area contributed by atoms with Gasteiger partial charge in [-0.15, -0.1) is 0 Å². The first-order chi connectivity index (χ1) is 12.3. The van der Waals surface area contributed by atoms with Gasteiger partial charge in [0, 0.05) is 41.6 Å². The van der Waals surface area contributed by atoms with Crippen LogP contribution in [0.5, 0.6) is 0 Å². The first-order valence-corrected chi connectivity index (χ1v) is 8.08. The maximum absolute atomic E-state index is 12.3. The molecule has 124 valence electrons. The van der Waals surface area contributed by atoms with Crippen molar-refractivity contribution in [3.05, 3.63) is 72.9 Å². The van der Waals surface area contributed by atoms with Crippen molar-refractivity contribution in [2.24, 2.45) is 0 Å². The minimum absolute atomic E-state index is 0.113. The summed E-state index contributed by atoms with van der Waals surface area (Å²) in [7, 11) is 0. The maximum atomic E-state index is 12.3. The Labute approximate surface area is 144 Å². The van der Waals surface area contributed by atoms with Gasteiger partial charge in [-0.1, -0.05) is 18.2 Å². The summed E-state index contributed by atoms with van der Waals surface area (Å²) in [6.45, 7) is 1.11. The van der Waals surface area contributed by atoms with E-state index in [0.29, 0.717) is 18.8 Å². The highest BCUT2D eigenvalue weighted by atomic mass is 16.1. The van der Waals surface area contributed by atoms with Crippen molar-refractivity contribution < 1.29 is 4.79 Å². The molecule has 0 spiro atoms. The van der Waals surface area contributed by atoms with Crippen LogP contribution in [0.1, 0.15) is 10.5 Å². The first kappa shape index (κ1) is 15.1. The Morgan fingerprint density at radius 1 is 1.12 bits per heavy atom. The van der Waals surface area contributed by atoms with Crippen molar-refractivity contribution in [3.8, 4) is 11.1 Å². The summed E-state index contributed by atoms with van der Waals surface area (Å²) in [6.07, 6.45) is 7.29. The number of nitrogens with one attached hydrogen (secondary N) is 2. The van der Waals surface area contributed by atoms with E-state index in [-0.39, 0.29) is 5.91 Å². The van der Waals surface area contributed by atoms with Crippen molar-refractivity contribution in [1.82, 2.24) is 25.1 Å². The highest BCUT2D eigenvalue weighted by molar-refractivity contribution is 5.97. The van der Waals surface area contributed by atoms with Gasteiger partial charge in [0.15, 0.2) is 0 Å². The molecule has 0 atom stereocenters. The van der Waals surface area contributed by atoms with Gasteiger partial charge in [0.05, 0.1) is 12.7 Å². The molecule has 0 aliphatic carbocycles. The van der Waals surface area contributed by atoms with E-state index in [1.807, 2.05) is 59.5 Å². The second kappa shape index (κ2) is 6.60. The van der Waals surface area contributed by atoms with E-state index in [4.69, 9.17) is 0 Å². The van der Waals surface area contributed by atoms with Crippen molar-refractivity contribution in [2.75, 3.05) is 6.54 Å². The molecule has 2 N–H and O–H groups in total. The number of rotatable bonds is 5. The van der Waals surface area contributed by atoms with Gasteiger partial charge in [0.1, 0.15) is 5.69 Å². The Morgan fingerprint density at radius 3 is 2.80 bits per heavy atom. The van der Waals surface area contributed by atoms with E-state index in [2.05, 4.69) is 20.4 Å². The number of nitrogens with zero attached hydrogens (tertiary/aromatic N) is 3. The van der Waals surface area contributed by atoms with Crippen LogP contribution in [-0.2, 0) is 6.54 Å². The number of carbonyl (C=O) groups excluding carboxylic acids is 1. The number of benzene rings is 1. The zero-order valence-electron chi connectivity index (χ0n) is 13.5. The molecule has 0 unspecified atom stereocenters. The topological polar surface area (TPSA) is 75.6 Å². The monoisotopic (exact) mass is 331 g/mol. The normalized spacial score (nSPS) is 10.9. The molecule has 1 amide bonds. The van der Waals surface area contributed by atoms with Gasteiger partial charge >= 0.3 is 0 Å². The summed E-state index contributed by atoms with van der Waals surface area (Å²) in [4.78, 5) is 19.4. The number of hydrogen-bond acceptors (Lipinski definition) is 3. The predicted molar refractivity (Wildman–Crippen MR) is 96.1 cm³/mol. The third kappa shape index (κ3) is 3.28. The fraction of sp³-hybridized carbons (Fsp3) is 0.105. The zero-order chi connectivity index (χ0) is 17.1. The number of aromatic nitrogens is 4. The summed E-state index contributed by atoms with van der Waals surface area (Å²) in [5.41, 5.74) is 3.63. The molecule has 3 aromatic heterocycles. The first-order valence-electron chi connectivity index (χ1n) is 8.08. The van der Waals surface area contributed by atoms with Crippen molar-refractivity contribution in [1.29, 1.82) is 0 Å². The number of hydrogen-bond donors (Lipinski definition) is 2. The molecule has 1 aromatic carbocycles. The summed E-state index contributed by atoms with van der Waals surface area (Å²) in [6, 6.07) is 13.6. The van der Waals surface area contributed by atoms with Crippen LogP contribution in [0.2, 0.25) is 0 Å². The second-order valence-electron chi connectivity index (χ2n) is 5.75. The lowest BCUT2D eigenvalue weighted by Crippen LogP contribution is -2.27. The van der Waals surface area contributed by atoms with Gasteiger partial charge in [-0.3, -0.25) is 14.5 Å². The number of amides is 1. The standard InChI is InChI=1S/C19H17N5O/c25-19(18-11-15-3-1-2-4-17(15)23-18)21-9-10-24-13-16(12-22-24)14-5-7-20-8-6-14/h1-8,11-13,23H,9-10H2,(H,21,25). The van der Waals surface area contributed by atoms with Crippen LogP contribution in [0.25, 0.3) is 22.0 Å². The third-order valence-corrected chi connectivity index (χ3v) is 4.05. The Bertz CT molecular complexity index is 970. The van der Waals surface area contributed by atoms with Crippen LogP contribution < -0.4 is 5.32 Å². The molecule has 4 aromatic rings. The molecule has 6 heteroatoms. The Hall–Kier alpha value is -3.41. The second-order valence-corrected chi connectivity index (χ2v) is 5.75. The lowest BCUT2D eigenvalue weighted by molar-refractivity contribution is 0.0948. The SMILES string of the molecule is O=C(NCCn1cc(-c2ccncc2)cn1)c1cc2ccccc2[nH]1. The van der Waals surface area contributed by atoms with Crippen LogP contribution in [0.15, 0.2) is 67.3 Å². The smallest absolute Gasteiger partial charge is 0.267 e. The molecular weight excluding hydrogens is 314 g/mol. The van der Waals surface area contributed by atoms with E-state index >= 15 is 0 Å². The Morgan fingerprint density at radius 2 is 1.96 bits per heavy atom. The highest BCUT2D eigenvalue weighted by Crippen LogP contribution is 2.17. The average Bonchev–Trinajstić information content (AvgIpc) is 3.29. The van der Waals surface area contributed by atoms with Crippen LogP contribution in [-0.4, -0.2) is 32.2 Å². The molecule has 4 rings (SSSR count). The fourth-order valence-corrected chi connectivity index (χ4v) is 2.75. The summed E-state index contributed by atoms with van der Waals surface area (Å²) in [5, 5.41) is 8.28. The number of para-hydroxylation sites is 1. The molecule has 0 radical (unpaired) electrons. The van der Waals surface area contributed by atoms with Crippen molar-refractivity contribution >= 4 is 16.8 Å². The van der Waals surface area contributed by atoms with Crippen molar-refractivity contribution in [2.45, 2.75) is 6.54 Å². The van der Waals surface area contributed by atoms with E-state index in [9.17, 15) is 4.79 Å².